The second-order valence-corrected chi connectivity index (χ2v) is 4.05. The molecule has 1 aromatic heterocycles. The molecule has 4 nitrogen and oxygen atoms in total. The number of benzene rings is 1. The zero-order chi connectivity index (χ0) is 13.3. The third kappa shape index (κ3) is 2.00. The van der Waals surface area contributed by atoms with Crippen molar-refractivity contribution >= 4 is 5.97 Å². The fourth-order valence-corrected chi connectivity index (χ4v) is 1.78. The van der Waals surface area contributed by atoms with Gasteiger partial charge in [-0.3, -0.25) is 0 Å². The van der Waals surface area contributed by atoms with Gasteiger partial charge in [-0.15, -0.1) is 0 Å². The lowest BCUT2D eigenvalue weighted by atomic mass is 9.91. The summed E-state index contributed by atoms with van der Waals surface area (Å²) in [4.78, 5) is 11.0. The van der Waals surface area contributed by atoms with Gasteiger partial charge in [-0.2, -0.15) is 0 Å². The third-order valence-corrected chi connectivity index (χ3v) is 2.72. The van der Waals surface area contributed by atoms with E-state index >= 15 is 0 Å². The first-order valence-corrected chi connectivity index (χ1v) is 5.22. The molecular formula is C13H11FO4. The van der Waals surface area contributed by atoms with E-state index in [9.17, 15) is 14.3 Å². The fourth-order valence-electron chi connectivity index (χ4n) is 1.78. The van der Waals surface area contributed by atoms with Gasteiger partial charge in [-0.25, -0.2) is 9.18 Å². The van der Waals surface area contributed by atoms with E-state index in [0.717, 1.165) is 6.07 Å². The Kier molecular flexibility index (Phi) is 2.92. The van der Waals surface area contributed by atoms with Crippen LogP contribution in [0, 0.1) is 5.82 Å². The second kappa shape index (κ2) is 4.27. The maximum absolute atomic E-state index is 13.1. The highest BCUT2D eigenvalue weighted by atomic mass is 19.1. The molecular weight excluding hydrogens is 239 g/mol. The van der Waals surface area contributed by atoms with Gasteiger partial charge in [0, 0.05) is 0 Å². The summed E-state index contributed by atoms with van der Waals surface area (Å²) < 4.78 is 18.2. The molecule has 0 saturated carbocycles. The number of carboxylic acid groups (broad SMARTS) is 1. The molecule has 2 N–H and O–H groups in total. The van der Waals surface area contributed by atoms with E-state index in [1.807, 2.05) is 0 Å². The van der Waals surface area contributed by atoms with Crippen molar-refractivity contribution in [3.8, 4) is 0 Å². The van der Waals surface area contributed by atoms with Crippen molar-refractivity contribution in [3.05, 3.63) is 59.3 Å². The molecule has 0 aliphatic heterocycles. The SMILES string of the molecule is CC(O)(c1cccc(F)c1)c1occc1C(=O)O. The quantitative estimate of drug-likeness (QED) is 0.877. The van der Waals surface area contributed by atoms with Gasteiger partial charge < -0.3 is 14.6 Å². The first-order chi connectivity index (χ1) is 8.43. The normalized spacial score (nSPS) is 14.2. The van der Waals surface area contributed by atoms with Crippen molar-refractivity contribution in [2.45, 2.75) is 12.5 Å². The van der Waals surface area contributed by atoms with Crippen LogP contribution in [-0.4, -0.2) is 16.2 Å². The van der Waals surface area contributed by atoms with Crippen LogP contribution < -0.4 is 0 Å². The molecule has 1 heterocycles. The summed E-state index contributed by atoms with van der Waals surface area (Å²) in [5.74, 6) is -1.85. The molecule has 5 heteroatoms. The number of halogens is 1. The van der Waals surface area contributed by atoms with Crippen LogP contribution in [0.15, 0.2) is 41.0 Å². The number of furan rings is 1. The summed E-state index contributed by atoms with van der Waals surface area (Å²) in [6.07, 6.45) is 1.17. The zero-order valence-corrected chi connectivity index (χ0v) is 9.55. The minimum absolute atomic E-state index is 0.124. The van der Waals surface area contributed by atoms with Crippen molar-refractivity contribution < 1.29 is 23.8 Å². The maximum Gasteiger partial charge on any atom is 0.339 e. The first-order valence-electron chi connectivity index (χ1n) is 5.22. The van der Waals surface area contributed by atoms with Crippen LogP contribution in [0.2, 0.25) is 0 Å². The average Bonchev–Trinajstić information content (AvgIpc) is 2.78. The molecule has 94 valence electrons. The van der Waals surface area contributed by atoms with E-state index in [0.29, 0.717) is 0 Å². The fraction of sp³-hybridized carbons (Fsp3) is 0.154. The largest absolute Gasteiger partial charge is 0.478 e. The Hall–Kier alpha value is -2.14. The monoisotopic (exact) mass is 250 g/mol. The molecule has 0 aliphatic carbocycles. The molecule has 2 aromatic rings. The van der Waals surface area contributed by atoms with Gasteiger partial charge in [0.25, 0.3) is 0 Å². The van der Waals surface area contributed by atoms with Crippen molar-refractivity contribution in [1.82, 2.24) is 0 Å². The Morgan fingerprint density at radius 1 is 1.39 bits per heavy atom. The van der Waals surface area contributed by atoms with Crippen LogP contribution in [0.3, 0.4) is 0 Å². The number of hydrogen-bond donors (Lipinski definition) is 2. The van der Waals surface area contributed by atoms with Crippen LogP contribution in [0.4, 0.5) is 4.39 Å². The van der Waals surface area contributed by atoms with Crippen LogP contribution in [-0.2, 0) is 5.60 Å². The predicted molar refractivity (Wildman–Crippen MR) is 60.7 cm³/mol. The summed E-state index contributed by atoms with van der Waals surface area (Å²) in [7, 11) is 0. The Morgan fingerprint density at radius 2 is 2.11 bits per heavy atom. The van der Waals surface area contributed by atoms with Crippen LogP contribution >= 0.6 is 0 Å². The Bertz CT molecular complexity index is 586. The van der Waals surface area contributed by atoms with E-state index in [4.69, 9.17) is 9.52 Å². The summed E-state index contributed by atoms with van der Waals surface area (Å²) >= 11 is 0. The smallest absolute Gasteiger partial charge is 0.339 e. The molecule has 18 heavy (non-hydrogen) atoms. The summed E-state index contributed by atoms with van der Waals surface area (Å²) in [6.45, 7) is 1.35. The molecule has 0 radical (unpaired) electrons. The van der Waals surface area contributed by atoms with E-state index in [-0.39, 0.29) is 16.9 Å². The molecule has 1 unspecified atom stereocenters. The molecule has 1 aromatic carbocycles. The number of carboxylic acids is 1. The Balaban J connectivity index is 2.54. The topological polar surface area (TPSA) is 70.7 Å². The van der Waals surface area contributed by atoms with E-state index < -0.39 is 17.4 Å². The summed E-state index contributed by atoms with van der Waals surface area (Å²) in [6, 6.07) is 6.54. The number of aromatic carboxylic acids is 1. The van der Waals surface area contributed by atoms with Gasteiger partial charge in [-0.1, -0.05) is 12.1 Å². The number of rotatable bonds is 3. The lowest BCUT2D eigenvalue weighted by molar-refractivity contribution is 0.0614. The minimum Gasteiger partial charge on any atom is -0.478 e. The van der Waals surface area contributed by atoms with Gasteiger partial charge in [0.1, 0.15) is 17.0 Å². The van der Waals surface area contributed by atoms with E-state index in [1.54, 1.807) is 0 Å². The van der Waals surface area contributed by atoms with E-state index in [1.165, 1.54) is 37.5 Å². The van der Waals surface area contributed by atoms with Gasteiger partial charge in [0.2, 0.25) is 0 Å². The highest BCUT2D eigenvalue weighted by Gasteiger charge is 2.34. The lowest BCUT2D eigenvalue weighted by Gasteiger charge is -2.22. The van der Waals surface area contributed by atoms with Crippen LogP contribution in [0.1, 0.15) is 28.6 Å². The summed E-state index contributed by atoms with van der Waals surface area (Å²) in [5, 5.41) is 19.4. The second-order valence-electron chi connectivity index (χ2n) is 4.05. The van der Waals surface area contributed by atoms with Gasteiger partial charge in [0.15, 0.2) is 5.76 Å². The number of carbonyl (C=O) groups is 1. The molecule has 0 saturated heterocycles. The van der Waals surface area contributed by atoms with Crippen molar-refractivity contribution in [2.24, 2.45) is 0 Å². The predicted octanol–water partition coefficient (Wildman–Crippen LogP) is 2.37. The van der Waals surface area contributed by atoms with Crippen molar-refractivity contribution in [1.29, 1.82) is 0 Å². The zero-order valence-electron chi connectivity index (χ0n) is 9.55. The Morgan fingerprint density at radius 3 is 2.72 bits per heavy atom. The third-order valence-electron chi connectivity index (χ3n) is 2.72. The van der Waals surface area contributed by atoms with E-state index in [2.05, 4.69) is 0 Å². The van der Waals surface area contributed by atoms with Gasteiger partial charge in [0.05, 0.1) is 6.26 Å². The van der Waals surface area contributed by atoms with Crippen LogP contribution in [0.5, 0.6) is 0 Å². The highest BCUT2D eigenvalue weighted by Crippen LogP contribution is 2.32. The number of aliphatic hydroxyl groups is 1. The molecule has 0 amide bonds. The molecule has 0 bridgehead atoms. The lowest BCUT2D eigenvalue weighted by Crippen LogP contribution is -2.24. The Labute approximate surface area is 102 Å². The minimum atomic E-state index is -1.71. The van der Waals surface area contributed by atoms with Gasteiger partial charge in [-0.05, 0) is 30.7 Å². The molecule has 2 rings (SSSR count). The molecule has 1 atom stereocenters. The molecule has 0 spiro atoms. The van der Waals surface area contributed by atoms with Crippen molar-refractivity contribution in [3.63, 3.8) is 0 Å². The maximum atomic E-state index is 13.1. The van der Waals surface area contributed by atoms with Crippen molar-refractivity contribution in [2.75, 3.05) is 0 Å². The summed E-state index contributed by atoms with van der Waals surface area (Å²) in [5.41, 5.74) is -1.64. The average molecular weight is 250 g/mol. The van der Waals surface area contributed by atoms with Gasteiger partial charge >= 0.3 is 5.97 Å². The first kappa shape index (κ1) is 12.3. The van der Waals surface area contributed by atoms with Crippen LogP contribution in [0.25, 0.3) is 0 Å². The molecule has 0 aliphatic rings. The molecule has 0 fully saturated rings. The highest BCUT2D eigenvalue weighted by molar-refractivity contribution is 5.89. The number of hydrogen-bond acceptors (Lipinski definition) is 3. The standard InChI is InChI=1S/C13H11FO4/c1-13(17,8-3-2-4-9(14)7-8)11-10(12(15)16)5-6-18-11/h2-7,17H,1H3,(H,15,16).